The van der Waals surface area contributed by atoms with Crippen LogP contribution in [0.3, 0.4) is 0 Å². The second-order valence-electron chi connectivity index (χ2n) is 4.93. The molecule has 2 aromatic rings. The lowest BCUT2D eigenvalue weighted by Crippen LogP contribution is -2.34. The molecule has 5 heteroatoms. The highest BCUT2D eigenvalue weighted by atomic mass is 32.1. The van der Waals surface area contributed by atoms with Crippen LogP contribution < -0.4 is 5.32 Å². The molecule has 1 aliphatic rings. The number of amides is 1. The molecule has 20 heavy (non-hydrogen) atoms. The Morgan fingerprint density at radius 1 is 1.50 bits per heavy atom. The summed E-state index contributed by atoms with van der Waals surface area (Å²) in [5.41, 5.74) is 1.17. The molecule has 0 radical (unpaired) electrons. The van der Waals surface area contributed by atoms with E-state index in [-0.39, 0.29) is 17.7 Å². The quantitative estimate of drug-likeness (QED) is 0.921. The second-order valence-corrected chi connectivity index (χ2v) is 5.71. The Morgan fingerprint density at radius 3 is 3.10 bits per heavy atom. The van der Waals surface area contributed by atoms with Crippen LogP contribution >= 0.6 is 11.3 Å². The molecule has 2 atom stereocenters. The monoisotopic (exact) mass is 291 g/mol. The Balaban J connectivity index is 1.66. The van der Waals surface area contributed by atoms with Crippen molar-refractivity contribution in [3.63, 3.8) is 0 Å². The predicted molar refractivity (Wildman–Crippen MR) is 76.8 cm³/mol. The third kappa shape index (κ3) is 2.94. The molecular formula is C15H17NO3S. The standard InChI is InChI=1S/C15H17NO3S/c17-15(11-3-6-18-9-11)16-8-13(12-4-7-20-10-12)14-2-1-5-19-14/h1-2,4-5,7,10-11,13H,3,6,8-9H2,(H,16,17). The van der Waals surface area contributed by atoms with Crippen LogP contribution in [0.25, 0.3) is 0 Å². The van der Waals surface area contributed by atoms with E-state index in [9.17, 15) is 4.79 Å². The molecule has 0 spiro atoms. The van der Waals surface area contributed by atoms with E-state index in [1.807, 2.05) is 17.5 Å². The molecule has 0 aliphatic carbocycles. The average Bonchev–Trinajstić information content (AvgIpc) is 3.22. The van der Waals surface area contributed by atoms with Crippen molar-refractivity contribution in [3.05, 3.63) is 46.5 Å². The molecule has 0 saturated carbocycles. The zero-order valence-corrected chi connectivity index (χ0v) is 11.9. The van der Waals surface area contributed by atoms with Crippen molar-refractivity contribution in [3.8, 4) is 0 Å². The first-order chi connectivity index (χ1) is 9.84. The Hall–Kier alpha value is -1.59. The summed E-state index contributed by atoms with van der Waals surface area (Å²) >= 11 is 1.65. The fourth-order valence-corrected chi connectivity index (χ4v) is 3.15. The minimum atomic E-state index is -0.00488. The molecular weight excluding hydrogens is 274 g/mol. The van der Waals surface area contributed by atoms with Crippen molar-refractivity contribution in [2.75, 3.05) is 19.8 Å². The third-order valence-electron chi connectivity index (χ3n) is 3.61. The fourth-order valence-electron chi connectivity index (χ4n) is 2.43. The number of furan rings is 1. The number of nitrogens with one attached hydrogen (secondary N) is 1. The van der Waals surface area contributed by atoms with Crippen molar-refractivity contribution in [1.82, 2.24) is 5.32 Å². The van der Waals surface area contributed by atoms with Crippen molar-refractivity contribution < 1.29 is 13.9 Å². The minimum absolute atomic E-state index is 0.00488. The molecule has 2 unspecified atom stereocenters. The van der Waals surface area contributed by atoms with Gasteiger partial charge in [-0.1, -0.05) is 0 Å². The zero-order chi connectivity index (χ0) is 13.8. The summed E-state index contributed by atoms with van der Waals surface area (Å²) < 4.78 is 10.8. The van der Waals surface area contributed by atoms with E-state index < -0.39 is 0 Å². The highest BCUT2D eigenvalue weighted by Crippen LogP contribution is 2.26. The molecule has 3 heterocycles. The molecule has 1 aliphatic heterocycles. The normalized spacial score (nSPS) is 19.9. The van der Waals surface area contributed by atoms with Crippen molar-refractivity contribution >= 4 is 17.2 Å². The van der Waals surface area contributed by atoms with Crippen LogP contribution in [-0.4, -0.2) is 25.7 Å². The lowest BCUT2D eigenvalue weighted by Gasteiger charge is -2.16. The van der Waals surface area contributed by atoms with E-state index in [2.05, 4.69) is 16.8 Å². The van der Waals surface area contributed by atoms with Gasteiger partial charge < -0.3 is 14.5 Å². The summed E-state index contributed by atoms with van der Waals surface area (Å²) in [5, 5.41) is 7.16. The number of hydrogen-bond donors (Lipinski definition) is 1. The van der Waals surface area contributed by atoms with Gasteiger partial charge in [0.25, 0.3) is 0 Å². The van der Waals surface area contributed by atoms with Gasteiger partial charge >= 0.3 is 0 Å². The first-order valence-corrected chi connectivity index (χ1v) is 7.70. The highest BCUT2D eigenvalue weighted by Gasteiger charge is 2.25. The van der Waals surface area contributed by atoms with Gasteiger partial charge in [0.15, 0.2) is 0 Å². The van der Waals surface area contributed by atoms with Crippen molar-refractivity contribution in [2.24, 2.45) is 5.92 Å². The lowest BCUT2D eigenvalue weighted by atomic mass is 9.99. The Kier molecular flexibility index (Phi) is 4.18. The molecule has 106 valence electrons. The SMILES string of the molecule is O=C(NCC(c1ccsc1)c1ccco1)C1CCOC1. The second kappa shape index (κ2) is 6.24. The van der Waals surface area contributed by atoms with Gasteiger partial charge in [-0.25, -0.2) is 0 Å². The van der Waals surface area contributed by atoms with Crippen LogP contribution in [0, 0.1) is 5.92 Å². The van der Waals surface area contributed by atoms with E-state index in [0.717, 1.165) is 12.2 Å². The molecule has 1 saturated heterocycles. The maximum Gasteiger partial charge on any atom is 0.225 e. The maximum absolute atomic E-state index is 12.1. The van der Waals surface area contributed by atoms with Crippen LogP contribution in [0.5, 0.6) is 0 Å². The number of ether oxygens (including phenoxy) is 1. The van der Waals surface area contributed by atoms with Crippen LogP contribution in [-0.2, 0) is 9.53 Å². The largest absolute Gasteiger partial charge is 0.469 e. The molecule has 1 fully saturated rings. The van der Waals surface area contributed by atoms with Crippen molar-refractivity contribution in [2.45, 2.75) is 12.3 Å². The van der Waals surface area contributed by atoms with Gasteiger partial charge in [-0.05, 0) is 40.9 Å². The summed E-state index contributed by atoms with van der Waals surface area (Å²) in [5.74, 6) is 1.03. The average molecular weight is 291 g/mol. The molecule has 3 rings (SSSR count). The Labute approximate surface area is 121 Å². The van der Waals surface area contributed by atoms with Gasteiger partial charge in [-0.15, -0.1) is 0 Å². The van der Waals surface area contributed by atoms with Gasteiger partial charge in [0.05, 0.1) is 24.7 Å². The summed E-state index contributed by atoms with van der Waals surface area (Å²) in [7, 11) is 0. The van der Waals surface area contributed by atoms with E-state index in [4.69, 9.17) is 9.15 Å². The summed E-state index contributed by atoms with van der Waals surface area (Å²) in [4.78, 5) is 12.1. The van der Waals surface area contributed by atoms with E-state index in [0.29, 0.717) is 19.8 Å². The number of carbonyl (C=O) groups excluding carboxylic acids is 1. The summed E-state index contributed by atoms with van der Waals surface area (Å²) in [6.07, 6.45) is 2.48. The Morgan fingerprint density at radius 2 is 2.45 bits per heavy atom. The van der Waals surface area contributed by atoms with Gasteiger partial charge in [0.1, 0.15) is 5.76 Å². The summed E-state index contributed by atoms with van der Waals surface area (Å²) in [6.45, 7) is 1.78. The van der Waals surface area contributed by atoms with E-state index in [1.165, 1.54) is 5.56 Å². The third-order valence-corrected chi connectivity index (χ3v) is 4.31. The zero-order valence-electron chi connectivity index (χ0n) is 11.1. The van der Waals surface area contributed by atoms with Gasteiger partial charge in [0, 0.05) is 13.2 Å². The van der Waals surface area contributed by atoms with Crippen LogP contribution in [0.4, 0.5) is 0 Å². The van der Waals surface area contributed by atoms with Gasteiger partial charge in [-0.2, -0.15) is 11.3 Å². The van der Waals surface area contributed by atoms with Crippen molar-refractivity contribution in [1.29, 1.82) is 0 Å². The van der Waals surface area contributed by atoms with Gasteiger partial charge in [-0.3, -0.25) is 4.79 Å². The topological polar surface area (TPSA) is 51.5 Å². The molecule has 0 bridgehead atoms. The number of rotatable bonds is 5. The Bertz CT molecular complexity index is 495. The molecule has 1 N–H and O–H groups in total. The molecule has 1 amide bonds. The van der Waals surface area contributed by atoms with Gasteiger partial charge in [0.2, 0.25) is 5.91 Å². The summed E-state index contributed by atoms with van der Waals surface area (Å²) in [6, 6.07) is 5.90. The van der Waals surface area contributed by atoms with E-state index >= 15 is 0 Å². The fraction of sp³-hybridized carbons (Fsp3) is 0.400. The highest BCUT2D eigenvalue weighted by molar-refractivity contribution is 7.08. The predicted octanol–water partition coefficient (Wildman–Crippen LogP) is 2.63. The minimum Gasteiger partial charge on any atom is -0.469 e. The van der Waals surface area contributed by atoms with Crippen LogP contribution in [0.15, 0.2) is 39.6 Å². The molecule has 4 nitrogen and oxygen atoms in total. The first kappa shape index (κ1) is 13.4. The van der Waals surface area contributed by atoms with Crippen LogP contribution in [0.2, 0.25) is 0 Å². The smallest absolute Gasteiger partial charge is 0.225 e. The molecule has 2 aromatic heterocycles. The first-order valence-electron chi connectivity index (χ1n) is 6.75. The van der Waals surface area contributed by atoms with E-state index in [1.54, 1.807) is 17.6 Å². The van der Waals surface area contributed by atoms with Crippen LogP contribution in [0.1, 0.15) is 23.7 Å². The molecule has 0 aromatic carbocycles. The lowest BCUT2D eigenvalue weighted by molar-refractivity contribution is -0.124. The number of hydrogen-bond acceptors (Lipinski definition) is 4. The maximum atomic E-state index is 12.1. The number of carbonyl (C=O) groups is 1. The number of thiophene rings is 1.